The molecule has 6 nitrogen and oxygen atoms in total. The van der Waals surface area contributed by atoms with Crippen molar-refractivity contribution in [2.24, 2.45) is 5.10 Å². The van der Waals surface area contributed by atoms with Crippen LogP contribution in [-0.4, -0.2) is 34.0 Å². The lowest BCUT2D eigenvalue weighted by Gasteiger charge is -2.31. The van der Waals surface area contributed by atoms with E-state index in [0.29, 0.717) is 23.3 Å². The van der Waals surface area contributed by atoms with Crippen molar-refractivity contribution in [3.63, 3.8) is 0 Å². The Labute approximate surface area is 146 Å². The van der Waals surface area contributed by atoms with E-state index in [-0.39, 0.29) is 12.2 Å². The molecular formula is C19H20N2O4. The minimum absolute atomic E-state index is 0.0705. The van der Waals surface area contributed by atoms with Gasteiger partial charge in [-0.25, -0.2) is 0 Å². The van der Waals surface area contributed by atoms with Crippen LogP contribution in [0, 0.1) is 0 Å². The third-order valence-electron chi connectivity index (χ3n) is 4.31. The van der Waals surface area contributed by atoms with E-state index in [1.165, 1.54) is 24.3 Å². The number of hydrazone groups is 1. The fourth-order valence-electron chi connectivity index (χ4n) is 2.84. The third kappa shape index (κ3) is 3.08. The summed E-state index contributed by atoms with van der Waals surface area (Å²) in [5.74, 6) is 0.307. The lowest BCUT2D eigenvalue weighted by atomic mass is 9.96. The molecule has 1 unspecified atom stereocenters. The molecule has 1 aliphatic rings. The maximum atomic E-state index is 12.9. The Balaban J connectivity index is 1.99. The van der Waals surface area contributed by atoms with Crippen LogP contribution in [0.5, 0.6) is 11.5 Å². The fraction of sp³-hybridized carbons (Fsp3) is 0.263. The number of carbonyl (C=O) groups is 1. The molecule has 130 valence electrons. The van der Waals surface area contributed by atoms with Crippen molar-refractivity contribution in [2.75, 3.05) is 7.11 Å². The first-order valence-corrected chi connectivity index (χ1v) is 8.05. The molecule has 1 aliphatic heterocycles. The SMILES string of the molecule is CCC1=NN(C(=O)c2ccc(O)cc2)C(O)(c2ccc(OC)cc2)C1. The molecule has 0 fully saturated rings. The molecule has 0 saturated carbocycles. The van der Waals surface area contributed by atoms with Crippen LogP contribution in [0.4, 0.5) is 0 Å². The maximum Gasteiger partial charge on any atom is 0.276 e. The lowest BCUT2D eigenvalue weighted by Crippen LogP contribution is -2.43. The zero-order valence-corrected chi connectivity index (χ0v) is 14.1. The smallest absolute Gasteiger partial charge is 0.276 e. The summed E-state index contributed by atoms with van der Waals surface area (Å²) in [6.45, 7) is 1.93. The highest BCUT2D eigenvalue weighted by Crippen LogP contribution is 2.37. The Hall–Kier alpha value is -2.86. The molecule has 25 heavy (non-hydrogen) atoms. The number of amides is 1. The van der Waals surface area contributed by atoms with Gasteiger partial charge in [0, 0.05) is 23.3 Å². The molecule has 0 aliphatic carbocycles. The Morgan fingerprint density at radius 1 is 1.20 bits per heavy atom. The average Bonchev–Trinajstić information content (AvgIpc) is 3.00. The number of carbonyl (C=O) groups excluding carboxylic acids is 1. The molecule has 0 spiro atoms. The van der Waals surface area contributed by atoms with E-state index in [0.717, 1.165) is 10.7 Å². The lowest BCUT2D eigenvalue weighted by molar-refractivity contribution is -0.0765. The zero-order chi connectivity index (χ0) is 18.0. The van der Waals surface area contributed by atoms with Gasteiger partial charge in [0.25, 0.3) is 5.91 Å². The molecule has 0 aromatic heterocycles. The van der Waals surface area contributed by atoms with Crippen LogP contribution in [-0.2, 0) is 5.72 Å². The maximum absolute atomic E-state index is 12.9. The molecule has 2 aromatic carbocycles. The molecule has 1 heterocycles. The number of phenolic OH excluding ortho intramolecular Hbond substituents is 1. The molecule has 0 bridgehead atoms. The first-order chi connectivity index (χ1) is 12.0. The van der Waals surface area contributed by atoms with Crippen LogP contribution in [0.3, 0.4) is 0 Å². The van der Waals surface area contributed by atoms with Crippen molar-refractivity contribution >= 4 is 11.6 Å². The van der Waals surface area contributed by atoms with Gasteiger partial charge in [-0.3, -0.25) is 4.79 Å². The number of aromatic hydroxyl groups is 1. The largest absolute Gasteiger partial charge is 0.508 e. The standard InChI is InChI=1S/C19H20N2O4/c1-3-15-12-19(24,14-6-10-17(25-2)11-7-14)21(20-15)18(23)13-4-8-16(22)9-5-13/h4-11,22,24H,3,12H2,1-2H3. The van der Waals surface area contributed by atoms with Gasteiger partial charge in [-0.1, -0.05) is 19.1 Å². The van der Waals surface area contributed by atoms with Crippen molar-refractivity contribution in [2.45, 2.75) is 25.5 Å². The summed E-state index contributed by atoms with van der Waals surface area (Å²) < 4.78 is 5.15. The second-order valence-electron chi connectivity index (χ2n) is 5.91. The fourth-order valence-corrected chi connectivity index (χ4v) is 2.84. The summed E-state index contributed by atoms with van der Waals surface area (Å²) in [6.07, 6.45) is 0.886. The number of nitrogens with zero attached hydrogens (tertiary/aromatic N) is 2. The van der Waals surface area contributed by atoms with Gasteiger partial charge in [-0.15, -0.1) is 0 Å². The van der Waals surface area contributed by atoms with Gasteiger partial charge in [0.1, 0.15) is 11.5 Å². The van der Waals surface area contributed by atoms with Gasteiger partial charge in [0.2, 0.25) is 0 Å². The van der Waals surface area contributed by atoms with Gasteiger partial charge < -0.3 is 14.9 Å². The van der Waals surface area contributed by atoms with Crippen molar-refractivity contribution in [3.05, 3.63) is 59.7 Å². The molecule has 0 saturated heterocycles. The van der Waals surface area contributed by atoms with Crippen LogP contribution in [0.1, 0.15) is 35.7 Å². The Bertz CT molecular complexity index is 799. The number of aliphatic hydroxyl groups is 1. The molecular weight excluding hydrogens is 320 g/mol. The minimum atomic E-state index is -1.55. The van der Waals surface area contributed by atoms with Crippen molar-refractivity contribution in [1.29, 1.82) is 0 Å². The quantitative estimate of drug-likeness (QED) is 0.896. The molecule has 2 aromatic rings. The first-order valence-electron chi connectivity index (χ1n) is 8.05. The summed E-state index contributed by atoms with van der Waals surface area (Å²) in [6, 6.07) is 12.8. The number of rotatable bonds is 4. The second-order valence-corrected chi connectivity index (χ2v) is 5.91. The number of phenols is 1. The van der Waals surface area contributed by atoms with Gasteiger partial charge >= 0.3 is 0 Å². The summed E-state index contributed by atoms with van der Waals surface area (Å²) in [7, 11) is 1.57. The second kappa shape index (κ2) is 6.57. The highest BCUT2D eigenvalue weighted by Gasteiger charge is 2.45. The number of benzene rings is 2. The van der Waals surface area contributed by atoms with E-state index in [1.807, 2.05) is 6.92 Å². The van der Waals surface area contributed by atoms with Crippen molar-refractivity contribution in [3.8, 4) is 11.5 Å². The Morgan fingerprint density at radius 2 is 1.84 bits per heavy atom. The molecule has 2 N–H and O–H groups in total. The van der Waals surface area contributed by atoms with Crippen LogP contribution >= 0.6 is 0 Å². The monoisotopic (exact) mass is 340 g/mol. The Morgan fingerprint density at radius 3 is 2.40 bits per heavy atom. The number of ether oxygens (including phenoxy) is 1. The van der Waals surface area contributed by atoms with Crippen molar-refractivity contribution < 1.29 is 19.7 Å². The predicted octanol–water partition coefficient (Wildman–Crippen LogP) is 2.86. The summed E-state index contributed by atoms with van der Waals surface area (Å²) in [5.41, 5.74) is 0.0935. The average molecular weight is 340 g/mol. The van der Waals surface area contributed by atoms with Gasteiger partial charge in [0.05, 0.1) is 7.11 Å². The number of hydrogen-bond acceptors (Lipinski definition) is 5. The van der Waals surface area contributed by atoms with E-state index in [9.17, 15) is 15.0 Å². The topological polar surface area (TPSA) is 82.4 Å². The van der Waals surface area contributed by atoms with Gasteiger partial charge in [-0.2, -0.15) is 10.1 Å². The van der Waals surface area contributed by atoms with Crippen molar-refractivity contribution in [1.82, 2.24) is 5.01 Å². The molecule has 0 radical (unpaired) electrons. The van der Waals surface area contributed by atoms with Crippen LogP contribution in [0.15, 0.2) is 53.6 Å². The van der Waals surface area contributed by atoms with E-state index in [2.05, 4.69) is 5.10 Å². The van der Waals surface area contributed by atoms with E-state index < -0.39 is 11.6 Å². The van der Waals surface area contributed by atoms with Crippen LogP contribution < -0.4 is 4.74 Å². The number of hydrogen-bond donors (Lipinski definition) is 2. The van der Waals surface area contributed by atoms with Crippen LogP contribution in [0.2, 0.25) is 0 Å². The molecule has 1 amide bonds. The van der Waals surface area contributed by atoms with E-state index in [4.69, 9.17) is 4.74 Å². The highest BCUT2D eigenvalue weighted by atomic mass is 16.5. The summed E-state index contributed by atoms with van der Waals surface area (Å²) in [5, 5.41) is 26.1. The van der Waals surface area contributed by atoms with E-state index >= 15 is 0 Å². The minimum Gasteiger partial charge on any atom is -0.508 e. The molecule has 6 heteroatoms. The first kappa shape index (κ1) is 17.0. The van der Waals surface area contributed by atoms with Gasteiger partial charge in [0.15, 0.2) is 5.72 Å². The van der Waals surface area contributed by atoms with E-state index in [1.54, 1.807) is 31.4 Å². The molecule has 1 atom stereocenters. The molecule has 3 rings (SSSR count). The summed E-state index contributed by atoms with van der Waals surface area (Å²) >= 11 is 0. The Kier molecular flexibility index (Phi) is 4.46. The normalized spacial score (nSPS) is 19.6. The summed E-state index contributed by atoms with van der Waals surface area (Å²) in [4.78, 5) is 12.9. The third-order valence-corrected chi connectivity index (χ3v) is 4.31. The van der Waals surface area contributed by atoms with Crippen LogP contribution in [0.25, 0.3) is 0 Å². The number of methoxy groups -OCH3 is 1. The zero-order valence-electron chi connectivity index (χ0n) is 14.1. The predicted molar refractivity (Wildman–Crippen MR) is 93.5 cm³/mol. The van der Waals surface area contributed by atoms with Gasteiger partial charge in [-0.05, 0) is 42.8 Å². The highest BCUT2D eigenvalue weighted by molar-refractivity contribution is 5.98.